The molecule has 5 nitrogen and oxygen atoms in total. The number of urea groups is 1. The first-order chi connectivity index (χ1) is 12.2. The van der Waals surface area contributed by atoms with E-state index in [0.717, 1.165) is 22.0 Å². The Labute approximate surface area is 145 Å². The normalized spacial score (nSPS) is 17.1. The number of hydrogen-bond acceptors (Lipinski definition) is 3. The monoisotopic (exact) mass is 331 g/mol. The van der Waals surface area contributed by atoms with E-state index in [-0.39, 0.29) is 18.5 Å². The molecular formula is C20H17N3O2. The van der Waals surface area contributed by atoms with E-state index in [0.29, 0.717) is 6.42 Å². The summed E-state index contributed by atoms with van der Waals surface area (Å²) >= 11 is 0. The summed E-state index contributed by atoms with van der Waals surface area (Å²) in [5, 5.41) is 3.78. The summed E-state index contributed by atoms with van der Waals surface area (Å²) in [4.78, 5) is 30.6. The zero-order chi connectivity index (χ0) is 17.2. The van der Waals surface area contributed by atoms with E-state index in [1.807, 2.05) is 60.7 Å². The lowest BCUT2D eigenvalue weighted by Gasteiger charge is -2.14. The molecule has 1 aromatic heterocycles. The number of nitrogens with zero attached hydrogens (tertiary/aromatic N) is 2. The minimum absolute atomic E-state index is 0.193. The molecule has 0 saturated carbocycles. The van der Waals surface area contributed by atoms with Crippen molar-refractivity contribution in [2.75, 3.05) is 0 Å². The highest BCUT2D eigenvalue weighted by Crippen LogP contribution is 2.20. The highest BCUT2D eigenvalue weighted by Gasteiger charge is 2.37. The third-order valence-electron chi connectivity index (χ3n) is 4.43. The molecule has 2 aromatic carbocycles. The van der Waals surface area contributed by atoms with Gasteiger partial charge in [-0.05, 0) is 17.2 Å². The van der Waals surface area contributed by atoms with Crippen LogP contribution in [0.4, 0.5) is 4.79 Å². The van der Waals surface area contributed by atoms with E-state index in [1.54, 1.807) is 6.20 Å². The molecule has 3 aromatic rings. The summed E-state index contributed by atoms with van der Waals surface area (Å²) in [7, 11) is 0. The van der Waals surface area contributed by atoms with Crippen molar-refractivity contribution in [3.05, 3.63) is 78.0 Å². The van der Waals surface area contributed by atoms with Crippen LogP contribution >= 0.6 is 0 Å². The lowest BCUT2D eigenvalue weighted by Crippen LogP contribution is -2.32. The van der Waals surface area contributed by atoms with E-state index >= 15 is 0 Å². The molecule has 1 N–H and O–H groups in total. The molecule has 1 unspecified atom stereocenters. The molecule has 4 rings (SSSR count). The van der Waals surface area contributed by atoms with Crippen molar-refractivity contribution in [1.82, 2.24) is 15.2 Å². The third-order valence-corrected chi connectivity index (χ3v) is 4.43. The molecular weight excluding hydrogens is 314 g/mol. The summed E-state index contributed by atoms with van der Waals surface area (Å²) in [5.41, 5.74) is 2.70. The molecule has 1 aliphatic heterocycles. The van der Waals surface area contributed by atoms with Crippen LogP contribution in [-0.4, -0.2) is 27.9 Å². The zero-order valence-electron chi connectivity index (χ0n) is 13.6. The number of rotatable bonds is 4. The van der Waals surface area contributed by atoms with Crippen LogP contribution < -0.4 is 5.32 Å². The fraction of sp³-hybridized carbons (Fsp3) is 0.150. The van der Waals surface area contributed by atoms with Crippen LogP contribution in [0.15, 0.2) is 66.9 Å². The quantitative estimate of drug-likeness (QED) is 0.748. The number of aromatic nitrogens is 1. The minimum atomic E-state index is -0.516. The number of pyridine rings is 1. The largest absolute Gasteiger partial charge is 0.325 e. The van der Waals surface area contributed by atoms with E-state index in [4.69, 9.17) is 0 Å². The van der Waals surface area contributed by atoms with Crippen LogP contribution in [0.3, 0.4) is 0 Å². The van der Waals surface area contributed by atoms with Crippen LogP contribution in [0.5, 0.6) is 0 Å². The van der Waals surface area contributed by atoms with E-state index in [9.17, 15) is 9.59 Å². The highest BCUT2D eigenvalue weighted by molar-refractivity contribution is 6.04. The van der Waals surface area contributed by atoms with Gasteiger partial charge in [0.05, 0.1) is 12.1 Å². The van der Waals surface area contributed by atoms with Crippen molar-refractivity contribution in [3.8, 4) is 0 Å². The van der Waals surface area contributed by atoms with Gasteiger partial charge in [0.15, 0.2) is 0 Å². The van der Waals surface area contributed by atoms with Gasteiger partial charge in [-0.2, -0.15) is 0 Å². The number of carbonyl (C=O) groups is 2. The summed E-state index contributed by atoms with van der Waals surface area (Å²) in [6.45, 7) is 0.226. The molecule has 3 amide bonds. The van der Waals surface area contributed by atoms with Crippen molar-refractivity contribution >= 4 is 22.8 Å². The van der Waals surface area contributed by atoms with Crippen LogP contribution in [0.1, 0.15) is 11.1 Å². The predicted molar refractivity (Wildman–Crippen MR) is 94.8 cm³/mol. The number of para-hydroxylation sites is 1. The van der Waals surface area contributed by atoms with Crippen molar-refractivity contribution in [2.24, 2.45) is 0 Å². The molecule has 1 aliphatic rings. The average molecular weight is 331 g/mol. The molecule has 2 heterocycles. The van der Waals surface area contributed by atoms with Crippen molar-refractivity contribution in [3.63, 3.8) is 0 Å². The number of fused-ring (bicyclic) bond motifs is 1. The van der Waals surface area contributed by atoms with Gasteiger partial charge in [0, 0.05) is 18.0 Å². The molecule has 0 aliphatic carbocycles. The van der Waals surface area contributed by atoms with Crippen LogP contribution in [-0.2, 0) is 17.8 Å². The summed E-state index contributed by atoms with van der Waals surface area (Å²) in [6, 6.07) is 18.5. The Balaban J connectivity index is 1.56. The Morgan fingerprint density at radius 1 is 0.960 bits per heavy atom. The minimum Gasteiger partial charge on any atom is -0.325 e. The Morgan fingerprint density at radius 2 is 1.76 bits per heavy atom. The topological polar surface area (TPSA) is 62.3 Å². The first-order valence-electron chi connectivity index (χ1n) is 8.21. The van der Waals surface area contributed by atoms with Gasteiger partial charge in [0.2, 0.25) is 0 Å². The van der Waals surface area contributed by atoms with Gasteiger partial charge < -0.3 is 5.32 Å². The first kappa shape index (κ1) is 15.3. The average Bonchev–Trinajstić information content (AvgIpc) is 2.90. The lowest BCUT2D eigenvalue weighted by atomic mass is 10.1. The fourth-order valence-corrected chi connectivity index (χ4v) is 3.18. The molecule has 1 atom stereocenters. The second-order valence-electron chi connectivity index (χ2n) is 6.11. The Hall–Kier alpha value is -3.21. The van der Waals surface area contributed by atoms with Gasteiger partial charge in [0.1, 0.15) is 6.04 Å². The first-order valence-corrected chi connectivity index (χ1v) is 8.21. The SMILES string of the molecule is O=C1NC(Cc2ccccc2)C(=O)N1Cc1cccc2cccnc12. The fourth-order valence-electron chi connectivity index (χ4n) is 3.18. The highest BCUT2D eigenvalue weighted by atomic mass is 16.2. The third kappa shape index (κ3) is 2.96. The Morgan fingerprint density at radius 3 is 2.60 bits per heavy atom. The number of carbonyl (C=O) groups excluding carboxylic acids is 2. The summed E-state index contributed by atoms with van der Waals surface area (Å²) < 4.78 is 0. The van der Waals surface area contributed by atoms with Crippen molar-refractivity contribution in [1.29, 1.82) is 0 Å². The van der Waals surface area contributed by atoms with Crippen molar-refractivity contribution < 1.29 is 9.59 Å². The van der Waals surface area contributed by atoms with E-state index in [1.165, 1.54) is 4.90 Å². The van der Waals surface area contributed by atoms with Crippen LogP contribution in [0, 0.1) is 0 Å². The maximum atomic E-state index is 12.7. The summed E-state index contributed by atoms with van der Waals surface area (Å²) in [6.07, 6.45) is 2.21. The summed E-state index contributed by atoms with van der Waals surface area (Å²) in [5.74, 6) is -0.193. The molecule has 1 fully saturated rings. The Bertz CT molecular complexity index is 935. The van der Waals surface area contributed by atoms with E-state index < -0.39 is 6.04 Å². The maximum Gasteiger partial charge on any atom is 0.325 e. The molecule has 5 heteroatoms. The molecule has 0 spiro atoms. The molecule has 25 heavy (non-hydrogen) atoms. The van der Waals surface area contributed by atoms with Gasteiger partial charge >= 0.3 is 6.03 Å². The number of hydrogen-bond donors (Lipinski definition) is 1. The number of nitrogens with one attached hydrogen (secondary N) is 1. The molecule has 0 bridgehead atoms. The van der Waals surface area contributed by atoms with Gasteiger partial charge in [-0.15, -0.1) is 0 Å². The van der Waals surface area contributed by atoms with Gasteiger partial charge in [-0.25, -0.2) is 4.79 Å². The lowest BCUT2D eigenvalue weighted by molar-refractivity contribution is -0.127. The van der Waals surface area contributed by atoms with Crippen molar-refractivity contribution in [2.45, 2.75) is 19.0 Å². The number of amides is 3. The Kier molecular flexibility index (Phi) is 3.90. The molecule has 1 saturated heterocycles. The zero-order valence-corrected chi connectivity index (χ0v) is 13.6. The van der Waals surface area contributed by atoms with E-state index in [2.05, 4.69) is 10.3 Å². The number of imide groups is 1. The second kappa shape index (κ2) is 6.36. The second-order valence-corrected chi connectivity index (χ2v) is 6.11. The predicted octanol–water partition coefficient (Wildman–Crippen LogP) is 2.90. The number of benzene rings is 2. The maximum absolute atomic E-state index is 12.7. The molecule has 0 radical (unpaired) electrons. The van der Waals surface area contributed by atoms with Crippen LogP contribution in [0.25, 0.3) is 10.9 Å². The van der Waals surface area contributed by atoms with Gasteiger partial charge in [-0.3, -0.25) is 14.7 Å². The van der Waals surface area contributed by atoms with Crippen LogP contribution in [0.2, 0.25) is 0 Å². The standard InChI is InChI=1S/C20H17N3O2/c24-19-17(12-14-6-2-1-3-7-14)22-20(25)23(19)13-16-9-4-8-15-10-5-11-21-18(15)16/h1-11,17H,12-13H2,(H,22,25). The van der Waals surface area contributed by atoms with Gasteiger partial charge in [-0.1, -0.05) is 54.6 Å². The van der Waals surface area contributed by atoms with Gasteiger partial charge in [0.25, 0.3) is 5.91 Å². The smallest absolute Gasteiger partial charge is 0.325 e. The molecule has 124 valence electrons.